The van der Waals surface area contributed by atoms with Crippen molar-refractivity contribution in [3.63, 3.8) is 0 Å². The zero-order valence-electron chi connectivity index (χ0n) is 14.7. The molecule has 130 valence electrons. The number of fused-ring (bicyclic) bond motifs is 1. The molecule has 2 aliphatic rings. The third-order valence-electron chi connectivity index (χ3n) is 5.01. The molecule has 0 radical (unpaired) electrons. The first-order valence-corrected chi connectivity index (χ1v) is 8.65. The van der Waals surface area contributed by atoms with E-state index in [1.54, 1.807) is 14.2 Å². The van der Waals surface area contributed by atoms with Gasteiger partial charge in [0, 0.05) is 24.7 Å². The molecule has 0 saturated carbocycles. The molecule has 0 N–H and O–H groups in total. The third-order valence-corrected chi connectivity index (χ3v) is 5.01. The maximum atomic E-state index is 5.97. The second-order valence-corrected chi connectivity index (χ2v) is 6.52. The summed E-state index contributed by atoms with van der Waals surface area (Å²) in [5.74, 6) is 2.57. The van der Waals surface area contributed by atoms with E-state index in [2.05, 4.69) is 35.2 Å². The molecular weight excluding hydrogens is 314 g/mol. The molecule has 2 aromatic carbocycles. The highest BCUT2D eigenvalue weighted by Crippen LogP contribution is 2.38. The van der Waals surface area contributed by atoms with Crippen molar-refractivity contribution in [3.8, 4) is 17.2 Å². The minimum Gasteiger partial charge on any atom is -0.497 e. The van der Waals surface area contributed by atoms with Crippen molar-refractivity contribution in [1.29, 1.82) is 0 Å². The van der Waals surface area contributed by atoms with E-state index >= 15 is 0 Å². The van der Waals surface area contributed by atoms with Gasteiger partial charge in [-0.2, -0.15) is 0 Å². The molecule has 2 aliphatic heterocycles. The second kappa shape index (κ2) is 6.81. The summed E-state index contributed by atoms with van der Waals surface area (Å²) in [6.07, 6.45) is 3.42. The van der Waals surface area contributed by atoms with Gasteiger partial charge in [-0.1, -0.05) is 24.3 Å². The van der Waals surface area contributed by atoms with E-state index in [9.17, 15) is 0 Å². The molecule has 1 saturated heterocycles. The average Bonchev–Trinajstić information content (AvgIpc) is 2.64. The van der Waals surface area contributed by atoms with Crippen LogP contribution < -0.4 is 14.2 Å². The lowest BCUT2D eigenvalue weighted by atomic mass is 9.93. The Morgan fingerprint density at radius 3 is 2.76 bits per heavy atom. The zero-order valence-corrected chi connectivity index (χ0v) is 14.7. The Kier molecular flexibility index (Phi) is 4.36. The zero-order chi connectivity index (χ0) is 17.2. The standard InChI is InChI=1S/C21H23NO3/c1-23-18-7-3-5-16(12-18)19-9-10-22(19)13-15-11-17-6-4-8-20(24-2)21(17)25-14-15/h3-8,11-12,19H,9-10,13-14H2,1-2H3. The molecule has 2 aromatic rings. The van der Waals surface area contributed by atoms with Crippen LogP contribution in [0.15, 0.2) is 48.0 Å². The van der Waals surface area contributed by atoms with Gasteiger partial charge >= 0.3 is 0 Å². The van der Waals surface area contributed by atoms with E-state index in [1.165, 1.54) is 17.6 Å². The molecule has 0 spiro atoms. The van der Waals surface area contributed by atoms with Crippen molar-refractivity contribution >= 4 is 6.08 Å². The SMILES string of the molecule is COc1cccc(C2CCN2CC2=Cc3cccc(OC)c3OC2)c1. The second-order valence-electron chi connectivity index (χ2n) is 6.52. The number of benzene rings is 2. The number of para-hydroxylation sites is 1. The van der Waals surface area contributed by atoms with E-state index in [0.29, 0.717) is 12.6 Å². The van der Waals surface area contributed by atoms with Gasteiger partial charge in [0.15, 0.2) is 11.5 Å². The van der Waals surface area contributed by atoms with Crippen LogP contribution in [0.3, 0.4) is 0 Å². The molecule has 4 heteroatoms. The van der Waals surface area contributed by atoms with Gasteiger partial charge in [0.1, 0.15) is 12.4 Å². The van der Waals surface area contributed by atoms with Gasteiger partial charge < -0.3 is 14.2 Å². The smallest absolute Gasteiger partial charge is 0.168 e. The first kappa shape index (κ1) is 16.0. The monoisotopic (exact) mass is 337 g/mol. The minimum absolute atomic E-state index is 0.461. The summed E-state index contributed by atoms with van der Waals surface area (Å²) >= 11 is 0. The molecule has 2 heterocycles. The fourth-order valence-electron chi connectivity index (χ4n) is 3.60. The fraction of sp³-hybridized carbons (Fsp3) is 0.333. The third kappa shape index (κ3) is 3.10. The number of hydrogen-bond acceptors (Lipinski definition) is 4. The van der Waals surface area contributed by atoms with Crippen LogP contribution in [0.25, 0.3) is 6.08 Å². The van der Waals surface area contributed by atoms with E-state index in [1.807, 2.05) is 18.2 Å². The van der Waals surface area contributed by atoms with Gasteiger partial charge in [-0.25, -0.2) is 0 Å². The maximum Gasteiger partial charge on any atom is 0.168 e. The predicted octanol–water partition coefficient (Wildman–Crippen LogP) is 3.93. The number of rotatable bonds is 5. The lowest BCUT2D eigenvalue weighted by molar-refractivity contribution is 0.0998. The Morgan fingerprint density at radius 1 is 1.12 bits per heavy atom. The van der Waals surface area contributed by atoms with Crippen molar-refractivity contribution in [2.75, 3.05) is 33.9 Å². The summed E-state index contributed by atoms with van der Waals surface area (Å²) in [6.45, 7) is 2.66. The molecule has 1 atom stereocenters. The highest BCUT2D eigenvalue weighted by Gasteiger charge is 2.30. The number of methoxy groups -OCH3 is 2. The summed E-state index contributed by atoms with van der Waals surface area (Å²) in [5, 5.41) is 0. The van der Waals surface area contributed by atoms with Crippen LogP contribution in [0.1, 0.15) is 23.6 Å². The largest absolute Gasteiger partial charge is 0.497 e. The molecule has 4 nitrogen and oxygen atoms in total. The summed E-state index contributed by atoms with van der Waals surface area (Å²) in [7, 11) is 3.39. The van der Waals surface area contributed by atoms with Gasteiger partial charge in [0.05, 0.1) is 14.2 Å². The quantitative estimate of drug-likeness (QED) is 0.827. The molecule has 0 bridgehead atoms. The van der Waals surface area contributed by atoms with Crippen molar-refractivity contribution in [2.24, 2.45) is 0 Å². The Balaban J connectivity index is 1.50. The number of likely N-dealkylation sites (tertiary alicyclic amines) is 1. The molecule has 4 rings (SSSR count). The van der Waals surface area contributed by atoms with Gasteiger partial charge in [0.25, 0.3) is 0 Å². The minimum atomic E-state index is 0.461. The molecule has 1 unspecified atom stereocenters. The summed E-state index contributed by atoms with van der Waals surface area (Å²) in [5.41, 5.74) is 3.72. The van der Waals surface area contributed by atoms with Gasteiger partial charge in [-0.3, -0.25) is 4.90 Å². The molecule has 1 fully saturated rings. The lowest BCUT2D eigenvalue weighted by Gasteiger charge is -2.42. The van der Waals surface area contributed by atoms with Crippen LogP contribution in [-0.4, -0.2) is 38.8 Å². The highest BCUT2D eigenvalue weighted by molar-refractivity contribution is 5.66. The van der Waals surface area contributed by atoms with Crippen LogP contribution in [0, 0.1) is 0 Å². The van der Waals surface area contributed by atoms with Crippen LogP contribution in [-0.2, 0) is 0 Å². The fourth-order valence-corrected chi connectivity index (χ4v) is 3.60. The first-order chi connectivity index (χ1) is 12.3. The van der Waals surface area contributed by atoms with Gasteiger partial charge in [-0.15, -0.1) is 0 Å². The van der Waals surface area contributed by atoms with E-state index in [-0.39, 0.29) is 0 Å². The van der Waals surface area contributed by atoms with E-state index in [0.717, 1.165) is 35.9 Å². The first-order valence-electron chi connectivity index (χ1n) is 8.65. The van der Waals surface area contributed by atoms with Crippen molar-refractivity contribution in [1.82, 2.24) is 4.90 Å². The highest BCUT2D eigenvalue weighted by atomic mass is 16.5. The normalized spacial score (nSPS) is 19.3. The predicted molar refractivity (Wildman–Crippen MR) is 98.4 cm³/mol. The lowest BCUT2D eigenvalue weighted by Crippen LogP contribution is -2.42. The van der Waals surface area contributed by atoms with Crippen molar-refractivity contribution in [3.05, 3.63) is 59.2 Å². The van der Waals surface area contributed by atoms with Crippen LogP contribution in [0.4, 0.5) is 0 Å². The molecule has 0 aliphatic carbocycles. The molecule has 0 aromatic heterocycles. The van der Waals surface area contributed by atoms with Crippen molar-refractivity contribution in [2.45, 2.75) is 12.5 Å². The molecular formula is C21H23NO3. The maximum absolute atomic E-state index is 5.97. The van der Waals surface area contributed by atoms with E-state index in [4.69, 9.17) is 14.2 Å². The van der Waals surface area contributed by atoms with Crippen LogP contribution >= 0.6 is 0 Å². The Bertz CT molecular complexity index is 799. The topological polar surface area (TPSA) is 30.9 Å². The number of hydrogen-bond donors (Lipinski definition) is 0. The average molecular weight is 337 g/mol. The van der Waals surface area contributed by atoms with Crippen LogP contribution in [0.5, 0.6) is 17.2 Å². The Labute approximate surface area is 148 Å². The van der Waals surface area contributed by atoms with Gasteiger partial charge in [-0.05, 0) is 41.8 Å². The Morgan fingerprint density at radius 2 is 2.00 bits per heavy atom. The van der Waals surface area contributed by atoms with Crippen LogP contribution in [0.2, 0.25) is 0 Å². The van der Waals surface area contributed by atoms with Gasteiger partial charge in [0.2, 0.25) is 0 Å². The number of nitrogens with zero attached hydrogens (tertiary/aromatic N) is 1. The summed E-state index contributed by atoms with van der Waals surface area (Å²) < 4.78 is 16.7. The molecule has 25 heavy (non-hydrogen) atoms. The Hall–Kier alpha value is -2.46. The van der Waals surface area contributed by atoms with E-state index < -0.39 is 0 Å². The summed E-state index contributed by atoms with van der Waals surface area (Å²) in [4.78, 5) is 2.50. The summed E-state index contributed by atoms with van der Waals surface area (Å²) in [6, 6.07) is 14.9. The van der Waals surface area contributed by atoms with Crippen molar-refractivity contribution < 1.29 is 14.2 Å². The number of ether oxygens (including phenoxy) is 3. The molecule has 0 amide bonds.